The molecule has 0 nitrogen and oxygen atoms in total. The minimum Gasteiger partial charge on any atom is -0.0894 e. The minimum absolute atomic E-state index is 0.265. The third-order valence-corrected chi connectivity index (χ3v) is 3.11. The van der Waals surface area contributed by atoms with Crippen molar-refractivity contribution in [2.24, 2.45) is 0 Å². The van der Waals surface area contributed by atoms with E-state index in [4.69, 9.17) is 0 Å². The van der Waals surface area contributed by atoms with E-state index in [0.29, 0.717) is 4.83 Å². The van der Waals surface area contributed by atoms with E-state index >= 15 is 0 Å². The first-order valence-corrected chi connectivity index (χ1v) is 6.54. The van der Waals surface area contributed by atoms with Gasteiger partial charge in [-0.1, -0.05) is 67.9 Å². The van der Waals surface area contributed by atoms with Crippen molar-refractivity contribution in [3.05, 3.63) is 35.4 Å². The summed E-state index contributed by atoms with van der Waals surface area (Å²) in [6, 6.07) is 9.04. The topological polar surface area (TPSA) is 0 Å². The second-order valence-electron chi connectivity index (χ2n) is 5.27. The molecule has 0 amide bonds. The van der Waals surface area contributed by atoms with Crippen LogP contribution in [0.25, 0.3) is 0 Å². The number of rotatable bonds is 3. The van der Waals surface area contributed by atoms with Crippen molar-refractivity contribution in [2.45, 2.75) is 50.8 Å². The molecule has 0 saturated heterocycles. The highest BCUT2D eigenvalue weighted by Crippen LogP contribution is 2.22. The Bertz CT molecular complexity index is 290. The van der Waals surface area contributed by atoms with Crippen molar-refractivity contribution in [2.75, 3.05) is 0 Å². The van der Waals surface area contributed by atoms with E-state index in [1.54, 1.807) is 0 Å². The normalized spacial score (nSPS) is 13.9. The van der Waals surface area contributed by atoms with Crippen LogP contribution < -0.4 is 0 Å². The Kier molecular flexibility index (Phi) is 4.39. The van der Waals surface area contributed by atoms with Gasteiger partial charge in [-0.2, -0.15) is 0 Å². The van der Waals surface area contributed by atoms with Gasteiger partial charge in [0, 0.05) is 4.83 Å². The van der Waals surface area contributed by atoms with Gasteiger partial charge in [0.1, 0.15) is 0 Å². The fourth-order valence-electron chi connectivity index (χ4n) is 1.54. The molecular formula is C14H21Br. The lowest BCUT2D eigenvalue weighted by Crippen LogP contribution is -2.10. The highest BCUT2D eigenvalue weighted by molar-refractivity contribution is 9.09. The second-order valence-corrected chi connectivity index (χ2v) is 6.83. The van der Waals surface area contributed by atoms with Crippen LogP contribution in [0.4, 0.5) is 0 Å². The molecule has 0 radical (unpaired) electrons. The average molecular weight is 269 g/mol. The fourth-order valence-corrected chi connectivity index (χ4v) is 1.77. The van der Waals surface area contributed by atoms with E-state index in [1.165, 1.54) is 17.5 Å². The van der Waals surface area contributed by atoms with Gasteiger partial charge in [-0.05, 0) is 29.4 Å². The van der Waals surface area contributed by atoms with Crippen molar-refractivity contribution in [1.82, 2.24) is 0 Å². The standard InChI is InChI=1S/C14H21Br/c1-11(15)5-6-12-7-9-13(10-8-12)14(2,3)4/h7-11H,5-6H2,1-4H3. The van der Waals surface area contributed by atoms with Gasteiger partial charge in [0.2, 0.25) is 0 Å². The third-order valence-electron chi connectivity index (χ3n) is 2.65. The van der Waals surface area contributed by atoms with Gasteiger partial charge in [0.05, 0.1) is 0 Å². The third kappa shape index (κ3) is 4.38. The number of hydrogen-bond donors (Lipinski definition) is 0. The summed E-state index contributed by atoms with van der Waals surface area (Å²) >= 11 is 3.58. The molecule has 1 heteroatoms. The van der Waals surface area contributed by atoms with Crippen molar-refractivity contribution in [1.29, 1.82) is 0 Å². The Labute approximate surface area is 102 Å². The number of aryl methyl sites for hydroxylation is 1. The number of alkyl halides is 1. The molecule has 0 N–H and O–H groups in total. The van der Waals surface area contributed by atoms with Crippen LogP contribution in [0.3, 0.4) is 0 Å². The van der Waals surface area contributed by atoms with Crippen LogP contribution in [0.15, 0.2) is 24.3 Å². The van der Waals surface area contributed by atoms with Crippen molar-refractivity contribution >= 4 is 15.9 Å². The molecule has 84 valence electrons. The fraction of sp³-hybridized carbons (Fsp3) is 0.571. The first-order valence-electron chi connectivity index (χ1n) is 5.63. The summed E-state index contributed by atoms with van der Waals surface area (Å²) < 4.78 is 0. The summed E-state index contributed by atoms with van der Waals surface area (Å²) in [6.07, 6.45) is 2.37. The van der Waals surface area contributed by atoms with Crippen molar-refractivity contribution < 1.29 is 0 Å². The van der Waals surface area contributed by atoms with Crippen LogP contribution in [0.1, 0.15) is 45.2 Å². The first kappa shape index (κ1) is 12.8. The van der Waals surface area contributed by atoms with Gasteiger partial charge in [0.15, 0.2) is 0 Å². The maximum absolute atomic E-state index is 3.58. The Morgan fingerprint density at radius 1 is 1.13 bits per heavy atom. The summed E-state index contributed by atoms with van der Waals surface area (Å²) in [5.41, 5.74) is 3.12. The molecule has 1 unspecified atom stereocenters. The second kappa shape index (κ2) is 5.16. The van der Waals surface area contributed by atoms with Gasteiger partial charge in [-0.3, -0.25) is 0 Å². The van der Waals surface area contributed by atoms with Crippen LogP contribution in [0.2, 0.25) is 0 Å². The molecule has 0 fully saturated rings. The van der Waals surface area contributed by atoms with E-state index in [2.05, 4.69) is 67.9 Å². The maximum Gasteiger partial charge on any atom is 0.0120 e. The molecule has 15 heavy (non-hydrogen) atoms. The van der Waals surface area contributed by atoms with Crippen molar-refractivity contribution in [3.8, 4) is 0 Å². The lowest BCUT2D eigenvalue weighted by Gasteiger charge is -2.19. The monoisotopic (exact) mass is 268 g/mol. The molecule has 1 aromatic rings. The van der Waals surface area contributed by atoms with E-state index in [-0.39, 0.29) is 5.41 Å². The average Bonchev–Trinajstić information content (AvgIpc) is 2.14. The maximum atomic E-state index is 3.58. The van der Waals surface area contributed by atoms with Gasteiger partial charge in [-0.25, -0.2) is 0 Å². The molecule has 1 aromatic carbocycles. The smallest absolute Gasteiger partial charge is 0.0120 e. The zero-order chi connectivity index (χ0) is 11.5. The number of benzene rings is 1. The Morgan fingerprint density at radius 3 is 2.07 bits per heavy atom. The molecule has 0 heterocycles. The Morgan fingerprint density at radius 2 is 1.67 bits per heavy atom. The number of hydrogen-bond acceptors (Lipinski definition) is 0. The van der Waals surface area contributed by atoms with Crippen molar-refractivity contribution in [3.63, 3.8) is 0 Å². The predicted octanol–water partition coefficient (Wildman–Crippen LogP) is 4.70. The summed E-state index contributed by atoms with van der Waals surface area (Å²) in [6.45, 7) is 8.96. The lowest BCUT2D eigenvalue weighted by molar-refractivity contribution is 0.590. The van der Waals surface area contributed by atoms with Crippen LogP contribution in [0, 0.1) is 0 Å². The summed E-state index contributed by atoms with van der Waals surface area (Å²) in [4.78, 5) is 0.611. The summed E-state index contributed by atoms with van der Waals surface area (Å²) in [7, 11) is 0. The molecule has 1 rings (SSSR count). The lowest BCUT2D eigenvalue weighted by atomic mass is 9.86. The van der Waals surface area contributed by atoms with Gasteiger partial charge >= 0.3 is 0 Å². The first-order chi connectivity index (χ1) is 6.89. The molecule has 0 aliphatic rings. The van der Waals surface area contributed by atoms with Gasteiger partial charge in [0.25, 0.3) is 0 Å². The predicted molar refractivity (Wildman–Crippen MR) is 71.9 cm³/mol. The van der Waals surface area contributed by atoms with Crippen LogP contribution >= 0.6 is 15.9 Å². The largest absolute Gasteiger partial charge is 0.0894 e. The molecular weight excluding hydrogens is 248 g/mol. The van der Waals surface area contributed by atoms with E-state index < -0.39 is 0 Å². The molecule has 0 saturated carbocycles. The highest BCUT2D eigenvalue weighted by atomic mass is 79.9. The quantitative estimate of drug-likeness (QED) is 0.698. The Balaban J connectivity index is 2.65. The molecule has 0 aliphatic heterocycles. The van der Waals surface area contributed by atoms with E-state index in [1.807, 2.05) is 0 Å². The van der Waals surface area contributed by atoms with E-state index in [9.17, 15) is 0 Å². The molecule has 0 aromatic heterocycles. The minimum atomic E-state index is 0.265. The highest BCUT2D eigenvalue weighted by Gasteiger charge is 2.12. The van der Waals surface area contributed by atoms with Crippen LogP contribution in [-0.2, 0) is 11.8 Å². The number of halogens is 1. The zero-order valence-electron chi connectivity index (χ0n) is 10.2. The van der Waals surface area contributed by atoms with E-state index in [0.717, 1.165) is 6.42 Å². The summed E-state index contributed by atoms with van der Waals surface area (Å²) in [5, 5.41) is 0. The van der Waals surface area contributed by atoms with Gasteiger partial charge in [-0.15, -0.1) is 0 Å². The molecule has 0 spiro atoms. The van der Waals surface area contributed by atoms with Gasteiger partial charge < -0.3 is 0 Å². The molecule has 1 atom stereocenters. The Hall–Kier alpha value is -0.300. The zero-order valence-corrected chi connectivity index (χ0v) is 11.8. The SMILES string of the molecule is CC(Br)CCc1ccc(C(C)(C)C)cc1. The van der Waals surface area contributed by atoms with Crippen LogP contribution in [0.5, 0.6) is 0 Å². The molecule has 0 bridgehead atoms. The summed E-state index contributed by atoms with van der Waals surface area (Å²) in [5.74, 6) is 0. The van der Waals surface area contributed by atoms with Crippen LogP contribution in [-0.4, -0.2) is 4.83 Å². The molecule has 0 aliphatic carbocycles.